The van der Waals surface area contributed by atoms with Gasteiger partial charge in [-0.3, -0.25) is 10.1 Å². The molecule has 0 saturated carbocycles. The molecule has 0 fully saturated rings. The van der Waals surface area contributed by atoms with E-state index in [0.717, 1.165) is 17.1 Å². The van der Waals surface area contributed by atoms with Crippen molar-refractivity contribution in [3.63, 3.8) is 0 Å². The molecule has 3 rings (SSSR count). The summed E-state index contributed by atoms with van der Waals surface area (Å²) >= 11 is 0. The van der Waals surface area contributed by atoms with E-state index in [9.17, 15) is 14.5 Å². The monoisotopic (exact) mass is 286 g/mol. The maximum Gasteiger partial charge on any atom is 0.306 e. The van der Waals surface area contributed by atoms with Crippen molar-refractivity contribution >= 4 is 16.9 Å². The van der Waals surface area contributed by atoms with E-state index < -0.39 is 16.4 Å². The number of nitro benzene ring substituents is 1. The first kappa shape index (κ1) is 13.0. The second kappa shape index (κ2) is 5.20. The van der Waals surface area contributed by atoms with Gasteiger partial charge >= 0.3 is 5.69 Å². The first-order valence-electron chi connectivity index (χ1n) is 6.24. The van der Waals surface area contributed by atoms with Crippen LogP contribution < -0.4 is 5.32 Å². The molecule has 0 aliphatic rings. The Labute approximate surface area is 119 Å². The normalized spacial score (nSPS) is 10.7. The summed E-state index contributed by atoms with van der Waals surface area (Å²) in [5, 5.41) is 17.9. The molecule has 3 aromatic rings. The van der Waals surface area contributed by atoms with Crippen molar-refractivity contribution in [1.82, 2.24) is 9.61 Å². The van der Waals surface area contributed by atoms with E-state index in [4.69, 9.17) is 0 Å². The zero-order valence-electron chi connectivity index (χ0n) is 10.9. The SMILES string of the molecule is O=[N+]([O-])c1cc(NCc2cnn3ccccc23)ccc1F. The van der Waals surface area contributed by atoms with Crippen molar-refractivity contribution in [3.05, 3.63) is 70.3 Å². The highest BCUT2D eigenvalue weighted by Crippen LogP contribution is 2.22. The Morgan fingerprint density at radius 2 is 2.19 bits per heavy atom. The Morgan fingerprint density at radius 1 is 1.33 bits per heavy atom. The number of fused-ring (bicyclic) bond motifs is 1. The molecule has 1 N–H and O–H groups in total. The highest BCUT2D eigenvalue weighted by atomic mass is 19.1. The van der Waals surface area contributed by atoms with Crippen LogP contribution in [0.4, 0.5) is 15.8 Å². The second-order valence-electron chi connectivity index (χ2n) is 4.48. The molecule has 0 aliphatic carbocycles. The highest BCUT2D eigenvalue weighted by molar-refractivity contribution is 5.57. The minimum absolute atomic E-state index is 0.441. The lowest BCUT2D eigenvalue weighted by molar-refractivity contribution is -0.387. The maximum atomic E-state index is 13.3. The van der Waals surface area contributed by atoms with E-state index in [0.29, 0.717) is 12.2 Å². The van der Waals surface area contributed by atoms with E-state index in [2.05, 4.69) is 10.4 Å². The molecule has 2 aromatic heterocycles. The van der Waals surface area contributed by atoms with Gasteiger partial charge in [0.15, 0.2) is 0 Å². The summed E-state index contributed by atoms with van der Waals surface area (Å²) in [6.07, 6.45) is 3.56. The number of anilines is 1. The molecule has 0 bridgehead atoms. The minimum atomic E-state index is -0.846. The van der Waals surface area contributed by atoms with E-state index >= 15 is 0 Å². The lowest BCUT2D eigenvalue weighted by atomic mass is 10.2. The van der Waals surface area contributed by atoms with Crippen LogP contribution in [0.2, 0.25) is 0 Å². The fourth-order valence-electron chi connectivity index (χ4n) is 2.08. The van der Waals surface area contributed by atoms with Crippen LogP contribution in [0.5, 0.6) is 0 Å². The highest BCUT2D eigenvalue weighted by Gasteiger charge is 2.14. The fourth-order valence-corrected chi connectivity index (χ4v) is 2.08. The molecule has 106 valence electrons. The summed E-state index contributed by atoms with van der Waals surface area (Å²) in [6.45, 7) is 0.441. The number of nitro groups is 1. The van der Waals surface area contributed by atoms with Crippen LogP contribution >= 0.6 is 0 Å². The molecule has 0 unspecified atom stereocenters. The molecule has 0 amide bonds. The van der Waals surface area contributed by atoms with Crippen LogP contribution in [0.3, 0.4) is 0 Å². The molecule has 1 aromatic carbocycles. The molecule has 0 atom stereocenters. The van der Waals surface area contributed by atoms with E-state index in [1.807, 2.05) is 24.4 Å². The quantitative estimate of drug-likeness (QED) is 0.591. The Hall–Kier alpha value is -2.96. The second-order valence-corrected chi connectivity index (χ2v) is 4.48. The van der Waals surface area contributed by atoms with Gasteiger partial charge in [-0.1, -0.05) is 6.07 Å². The molecule has 0 spiro atoms. The van der Waals surface area contributed by atoms with Crippen LogP contribution in [0.25, 0.3) is 5.52 Å². The molecule has 7 heteroatoms. The van der Waals surface area contributed by atoms with Gasteiger partial charge in [0.05, 0.1) is 16.6 Å². The maximum absolute atomic E-state index is 13.3. The van der Waals surface area contributed by atoms with Gasteiger partial charge in [-0.05, 0) is 24.3 Å². The number of hydrogen-bond acceptors (Lipinski definition) is 4. The van der Waals surface area contributed by atoms with Gasteiger partial charge in [0.2, 0.25) is 5.82 Å². The average Bonchev–Trinajstić information content (AvgIpc) is 2.89. The lowest BCUT2D eigenvalue weighted by Gasteiger charge is -2.05. The Kier molecular flexibility index (Phi) is 3.23. The van der Waals surface area contributed by atoms with Gasteiger partial charge in [0.25, 0.3) is 0 Å². The number of benzene rings is 1. The van der Waals surface area contributed by atoms with Crippen LogP contribution in [-0.2, 0) is 6.54 Å². The number of nitrogens with zero attached hydrogens (tertiary/aromatic N) is 3. The van der Waals surface area contributed by atoms with E-state index in [1.165, 1.54) is 12.1 Å². The fraction of sp³-hybridized carbons (Fsp3) is 0.0714. The summed E-state index contributed by atoms with van der Waals surface area (Å²) in [7, 11) is 0. The minimum Gasteiger partial charge on any atom is -0.381 e. The van der Waals surface area contributed by atoms with Gasteiger partial charge in [0.1, 0.15) is 0 Å². The Balaban J connectivity index is 1.82. The van der Waals surface area contributed by atoms with Gasteiger partial charge in [-0.15, -0.1) is 0 Å². The number of aromatic nitrogens is 2. The van der Waals surface area contributed by atoms with Crippen LogP contribution in [0.15, 0.2) is 48.8 Å². The first-order chi connectivity index (χ1) is 10.1. The van der Waals surface area contributed by atoms with Crippen LogP contribution in [0, 0.1) is 15.9 Å². The predicted octanol–water partition coefficient (Wildman–Crippen LogP) is 2.99. The molecular weight excluding hydrogens is 275 g/mol. The summed E-state index contributed by atoms with van der Waals surface area (Å²) in [6, 6.07) is 9.44. The number of hydrogen-bond donors (Lipinski definition) is 1. The largest absolute Gasteiger partial charge is 0.381 e. The third-order valence-electron chi connectivity index (χ3n) is 3.13. The molecule has 0 saturated heterocycles. The van der Waals surface area contributed by atoms with Crippen molar-refractivity contribution in [2.75, 3.05) is 5.32 Å². The van der Waals surface area contributed by atoms with Crippen LogP contribution in [0.1, 0.15) is 5.56 Å². The standard InChI is InChI=1S/C14H11FN4O2/c15-12-5-4-11(7-14(12)19(20)21)16-8-10-9-17-18-6-2-1-3-13(10)18/h1-7,9,16H,8H2. The molecule has 21 heavy (non-hydrogen) atoms. The lowest BCUT2D eigenvalue weighted by Crippen LogP contribution is -2.01. The van der Waals surface area contributed by atoms with Crippen molar-refractivity contribution in [3.8, 4) is 0 Å². The van der Waals surface area contributed by atoms with Gasteiger partial charge < -0.3 is 5.32 Å². The van der Waals surface area contributed by atoms with E-state index in [-0.39, 0.29) is 0 Å². The summed E-state index contributed by atoms with van der Waals surface area (Å²) < 4.78 is 15.0. The Morgan fingerprint density at radius 3 is 3.00 bits per heavy atom. The number of pyridine rings is 1. The molecule has 2 heterocycles. The van der Waals surface area contributed by atoms with Crippen molar-refractivity contribution in [2.45, 2.75) is 6.54 Å². The third kappa shape index (κ3) is 2.53. The molecular formula is C14H11FN4O2. The molecule has 0 aliphatic heterocycles. The number of nitrogens with one attached hydrogen (secondary N) is 1. The zero-order valence-corrected chi connectivity index (χ0v) is 10.9. The van der Waals surface area contributed by atoms with Crippen LogP contribution in [-0.4, -0.2) is 14.5 Å². The number of rotatable bonds is 4. The molecule has 6 nitrogen and oxygen atoms in total. The average molecular weight is 286 g/mol. The Bertz CT molecular complexity index is 816. The van der Waals surface area contributed by atoms with Gasteiger partial charge in [0, 0.05) is 30.1 Å². The van der Waals surface area contributed by atoms with Gasteiger partial charge in [-0.25, -0.2) is 4.52 Å². The number of halogens is 1. The van der Waals surface area contributed by atoms with Crippen molar-refractivity contribution in [2.24, 2.45) is 0 Å². The van der Waals surface area contributed by atoms with Gasteiger partial charge in [-0.2, -0.15) is 9.49 Å². The van der Waals surface area contributed by atoms with Crippen molar-refractivity contribution < 1.29 is 9.31 Å². The summed E-state index contributed by atoms with van der Waals surface area (Å²) in [5.74, 6) is -0.846. The predicted molar refractivity (Wildman–Crippen MR) is 75.6 cm³/mol. The van der Waals surface area contributed by atoms with E-state index in [1.54, 1.807) is 10.7 Å². The topological polar surface area (TPSA) is 72.5 Å². The summed E-state index contributed by atoms with van der Waals surface area (Å²) in [4.78, 5) is 9.97. The smallest absolute Gasteiger partial charge is 0.306 e. The van der Waals surface area contributed by atoms with Crippen molar-refractivity contribution in [1.29, 1.82) is 0 Å². The third-order valence-corrected chi connectivity index (χ3v) is 3.13. The zero-order chi connectivity index (χ0) is 14.8. The molecule has 0 radical (unpaired) electrons. The first-order valence-corrected chi connectivity index (χ1v) is 6.24. The summed E-state index contributed by atoms with van der Waals surface area (Å²) in [5.41, 5.74) is 1.84.